The first-order chi connectivity index (χ1) is 10.8. The van der Waals surface area contributed by atoms with Crippen molar-refractivity contribution in [1.29, 1.82) is 0 Å². The average molecular weight is 298 g/mol. The van der Waals surface area contributed by atoms with Crippen LogP contribution in [0.4, 0.5) is 0 Å². The second-order valence-electron chi connectivity index (χ2n) is 6.06. The lowest BCUT2D eigenvalue weighted by Gasteiger charge is -2.30. The summed E-state index contributed by atoms with van der Waals surface area (Å²) in [7, 11) is 0. The Morgan fingerprint density at radius 1 is 1.09 bits per heavy atom. The van der Waals surface area contributed by atoms with Gasteiger partial charge in [0.05, 0.1) is 5.56 Å². The summed E-state index contributed by atoms with van der Waals surface area (Å²) in [6.45, 7) is 1.44. The summed E-state index contributed by atoms with van der Waals surface area (Å²) in [6, 6.07) is 3.60. The molecule has 2 aromatic rings. The molecule has 0 radical (unpaired) electrons. The van der Waals surface area contributed by atoms with Crippen molar-refractivity contribution in [1.82, 2.24) is 20.1 Å². The second-order valence-corrected chi connectivity index (χ2v) is 6.06. The SMILES string of the molecule is O=C(c1cccnc1)N1CCC(c2nnc(C3CC3)o2)CC1. The zero-order valence-electron chi connectivity index (χ0n) is 12.3. The molecule has 0 bridgehead atoms. The Balaban J connectivity index is 1.38. The number of hydrogen-bond acceptors (Lipinski definition) is 5. The lowest BCUT2D eigenvalue weighted by atomic mass is 9.96. The summed E-state index contributed by atoms with van der Waals surface area (Å²) in [4.78, 5) is 18.3. The Morgan fingerprint density at radius 3 is 2.36 bits per heavy atom. The molecule has 2 aliphatic rings. The van der Waals surface area contributed by atoms with E-state index in [1.165, 1.54) is 12.8 Å². The molecule has 0 aromatic carbocycles. The zero-order valence-corrected chi connectivity index (χ0v) is 12.3. The molecular formula is C16H18N4O2. The van der Waals surface area contributed by atoms with Crippen LogP contribution in [0.25, 0.3) is 0 Å². The number of rotatable bonds is 3. The molecule has 2 fully saturated rings. The van der Waals surface area contributed by atoms with Gasteiger partial charge in [-0.2, -0.15) is 0 Å². The number of piperidine rings is 1. The maximum absolute atomic E-state index is 12.4. The first-order valence-corrected chi connectivity index (χ1v) is 7.84. The summed E-state index contributed by atoms with van der Waals surface area (Å²) in [5.74, 6) is 2.36. The molecule has 1 amide bonds. The molecule has 0 atom stereocenters. The van der Waals surface area contributed by atoms with Crippen LogP contribution in [0.15, 0.2) is 28.9 Å². The summed E-state index contributed by atoms with van der Waals surface area (Å²) < 4.78 is 5.79. The average Bonchev–Trinajstić information content (AvgIpc) is 3.32. The minimum absolute atomic E-state index is 0.0516. The molecule has 2 aromatic heterocycles. The Bertz CT molecular complexity index is 658. The van der Waals surface area contributed by atoms with Crippen molar-refractivity contribution in [3.05, 3.63) is 41.9 Å². The van der Waals surface area contributed by atoms with E-state index in [2.05, 4.69) is 15.2 Å². The van der Waals surface area contributed by atoms with Crippen molar-refractivity contribution in [3.8, 4) is 0 Å². The number of amides is 1. The van der Waals surface area contributed by atoms with E-state index in [1.807, 2.05) is 4.90 Å². The monoisotopic (exact) mass is 298 g/mol. The van der Waals surface area contributed by atoms with E-state index in [1.54, 1.807) is 24.5 Å². The van der Waals surface area contributed by atoms with Gasteiger partial charge in [-0.1, -0.05) is 0 Å². The van der Waals surface area contributed by atoms with Gasteiger partial charge < -0.3 is 9.32 Å². The number of aromatic nitrogens is 3. The van der Waals surface area contributed by atoms with Gasteiger partial charge in [-0.15, -0.1) is 10.2 Å². The van der Waals surface area contributed by atoms with E-state index in [0.29, 0.717) is 11.5 Å². The fourth-order valence-electron chi connectivity index (χ4n) is 2.91. The van der Waals surface area contributed by atoms with Gasteiger partial charge in [0.25, 0.3) is 5.91 Å². The topological polar surface area (TPSA) is 72.1 Å². The van der Waals surface area contributed by atoms with Crippen molar-refractivity contribution in [3.63, 3.8) is 0 Å². The van der Waals surface area contributed by atoms with Crippen LogP contribution < -0.4 is 0 Å². The minimum atomic E-state index is 0.0516. The van der Waals surface area contributed by atoms with E-state index in [4.69, 9.17) is 4.42 Å². The Hall–Kier alpha value is -2.24. The molecule has 0 N–H and O–H groups in total. The molecule has 4 rings (SSSR count). The maximum atomic E-state index is 12.4. The largest absolute Gasteiger partial charge is 0.425 e. The second kappa shape index (κ2) is 5.51. The predicted octanol–water partition coefficient (Wildman–Crippen LogP) is 2.36. The Morgan fingerprint density at radius 2 is 1.77 bits per heavy atom. The fourth-order valence-corrected chi connectivity index (χ4v) is 2.91. The molecule has 6 heteroatoms. The van der Waals surface area contributed by atoms with E-state index in [0.717, 1.165) is 37.7 Å². The van der Waals surface area contributed by atoms with Crippen LogP contribution in [0.3, 0.4) is 0 Å². The molecule has 0 unspecified atom stereocenters. The highest BCUT2D eigenvalue weighted by Gasteiger charge is 2.32. The van der Waals surface area contributed by atoms with Crippen LogP contribution in [0, 0.1) is 0 Å². The van der Waals surface area contributed by atoms with Crippen LogP contribution in [0.5, 0.6) is 0 Å². The number of hydrogen-bond donors (Lipinski definition) is 0. The van der Waals surface area contributed by atoms with Gasteiger partial charge in [-0.3, -0.25) is 9.78 Å². The van der Waals surface area contributed by atoms with Gasteiger partial charge in [0.1, 0.15) is 0 Å². The molecule has 1 aliphatic carbocycles. The summed E-state index contributed by atoms with van der Waals surface area (Å²) in [6.07, 6.45) is 7.38. The van der Waals surface area contributed by atoms with Crippen LogP contribution in [0.2, 0.25) is 0 Å². The van der Waals surface area contributed by atoms with Crippen LogP contribution >= 0.6 is 0 Å². The number of likely N-dealkylation sites (tertiary alicyclic amines) is 1. The zero-order chi connectivity index (χ0) is 14.9. The number of carbonyl (C=O) groups is 1. The lowest BCUT2D eigenvalue weighted by molar-refractivity contribution is 0.0705. The normalized spacial score (nSPS) is 19.4. The van der Waals surface area contributed by atoms with E-state index in [-0.39, 0.29) is 11.8 Å². The molecule has 3 heterocycles. The molecule has 22 heavy (non-hydrogen) atoms. The van der Waals surface area contributed by atoms with Crippen LogP contribution in [0.1, 0.15) is 59.7 Å². The van der Waals surface area contributed by atoms with Gasteiger partial charge in [0.15, 0.2) is 0 Å². The molecule has 6 nitrogen and oxygen atoms in total. The van der Waals surface area contributed by atoms with Crippen LogP contribution in [-0.4, -0.2) is 39.1 Å². The fraction of sp³-hybridized carbons (Fsp3) is 0.500. The molecule has 1 saturated carbocycles. The third-order valence-electron chi connectivity index (χ3n) is 4.42. The predicted molar refractivity (Wildman–Crippen MR) is 78.4 cm³/mol. The van der Waals surface area contributed by atoms with E-state index in [9.17, 15) is 4.79 Å². The smallest absolute Gasteiger partial charge is 0.255 e. The van der Waals surface area contributed by atoms with Gasteiger partial charge in [0, 0.05) is 37.3 Å². The lowest BCUT2D eigenvalue weighted by Crippen LogP contribution is -2.38. The first-order valence-electron chi connectivity index (χ1n) is 7.84. The summed E-state index contributed by atoms with van der Waals surface area (Å²) in [5, 5.41) is 8.35. The summed E-state index contributed by atoms with van der Waals surface area (Å²) >= 11 is 0. The maximum Gasteiger partial charge on any atom is 0.255 e. The summed E-state index contributed by atoms with van der Waals surface area (Å²) in [5.41, 5.74) is 0.648. The van der Waals surface area contributed by atoms with Gasteiger partial charge in [-0.05, 0) is 37.8 Å². The van der Waals surface area contributed by atoms with Crippen molar-refractivity contribution in [2.45, 2.75) is 37.5 Å². The third-order valence-corrected chi connectivity index (χ3v) is 4.42. The molecular weight excluding hydrogens is 280 g/mol. The van der Waals surface area contributed by atoms with Crippen LogP contribution in [-0.2, 0) is 0 Å². The van der Waals surface area contributed by atoms with Crippen molar-refractivity contribution >= 4 is 5.91 Å². The number of carbonyl (C=O) groups excluding carboxylic acids is 1. The van der Waals surface area contributed by atoms with Gasteiger partial charge >= 0.3 is 0 Å². The highest BCUT2D eigenvalue weighted by atomic mass is 16.4. The van der Waals surface area contributed by atoms with Crippen molar-refractivity contribution in [2.24, 2.45) is 0 Å². The van der Waals surface area contributed by atoms with Crippen molar-refractivity contribution in [2.75, 3.05) is 13.1 Å². The first kappa shape index (κ1) is 13.4. The van der Waals surface area contributed by atoms with E-state index < -0.39 is 0 Å². The highest BCUT2D eigenvalue weighted by Crippen LogP contribution is 2.40. The highest BCUT2D eigenvalue weighted by molar-refractivity contribution is 5.93. The quantitative estimate of drug-likeness (QED) is 0.869. The molecule has 1 aliphatic heterocycles. The molecule has 0 spiro atoms. The number of nitrogens with zero attached hydrogens (tertiary/aromatic N) is 4. The Labute approximate surface area is 128 Å². The molecule has 114 valence electrons. The van der Waals surface area contributed by atoms with Gasteiger partial charge in [0.2, 0.25) is 11.8 Å². The standard InChI is InChI=1S/C16H18N4O2/c21-16(13-2-1-7-17-10-13)20-8-5-12(6-9-20)15-19-18-14(22-15)11-3-4-11/h1-2,7,10-12H,3-6,8-9H2. The number of pyridine rings is 1. The molecule has 1 saturated heterocycles. The third kappa shape index (κ3) is 2.61. The van der Waals surface area contributed by atoms with Crippen molar-refractivity contribution < 1.29 is 9.21 Å². The minimum Gasteiger partial charge on any atom is -0.425 e. The Kier molecular flexibility index (Phi) is 3.36. The van der Waals surface area contributed by atoms with Gasteiger partial charge in [-0.25, -0.2) is 0 Å². The van der Waals surface area contributed by atoms with E-state index >= 15 is 0 Å².